The zero-order chi connectivity index (χ0) is 25.6. The number of aryl methyl sites for hydroxylation is 1. The Balaban J connectivity index is 1.88. The highest BCUT2D eigenvalue weighted by atomic mass is 127. The molecule has 1 amide bonds. The molecular weight excluding hydrogens is 582 g/mol. The molecule has 7 nitrogen and oxygen atoms in total. The highest BCUT2D eigenvalue weighted by Crippen LogP contribution is 2.39. The van der Waals surface area contributed by atoms with E-state index in [1.54, 1.807) is 34.9 Å². The van der Waals surface area contributed by atoms with Gasteiger partial charge in [0, 0.05) is 35.5 Å². The molecule has 1 N–H and O–H groups in total. The standard InChI is InChI=1S/C25H26FIN4O3S/c1-15-9-8-12-18(22(31-33-5)23(32)28-4)20(15)14-34-30-16(2)17-10-6-7-11-19(17)24-29-13-21(35-24)25(3,26)27/h6-13H,14H2,1-5H3,(H,28,32)/b30-16+,31-22+. The number of nitrogens with zero attached hydrogens (tertiary/aromatic N) is 3. The van der Waals surface area contributed by atoms with E-state index in [2.05, 4.69) is 20.6 Å². The van der Waals surface area contributed by atoms with E-state index in [1.165, 1.54) is 32.4 Å². The summed E-state index contributed by atoms with van der Waals surface area (Å²) in [5.74, 6) is -0.369. The van der Waals surface area contributed by atoms with Gasteiger partial charge in [0.15, 0.2) is 9.39 Å². The van der Waals surface area contributed by atoms with E-state index in [4.69, 9.17) is 9.68 Å². The van der Waals surface area contributed by atoms with E-state index in [9.17, 15) is 9.18 Å². The van der Waals surface area contributed by atoms with Crippen molar-refractivity contribution in [3.8, 4) is 10.6 Å². The maximum atomic E-state index is 14.4. The van der Waals surface area contributed by atoms with Crippen molar-refractivity contribution in [2.45, 2.75) is 31.1 Å². The molecule has 1 unspecified atom stereocenters. The van der Waals surface area contributed by atoms with Gasteiger partial charge in [-0.2, -0.15) is 0 Å². The second-order valence-electron chi connectivity index (χ2n) is 7.72. The third kappa shape index (κ3) is 6.43. The van der Waals surface area contributed by atoms with Crippen LogP contribution in [0.2, 0.25) is 0 Å². The third-order valence-corrected chi connectivity index (χ3v) is 7.36. The fourth-order valence-electron chi connectivity index (χ4n) is 3.37. The van der Waals surface area contributed by atoms with Gasteiger partial charge in [0.1, 0.15) is 18.7 Å². The van der Waals surface area contributed by atoms with E-state index in [0.717, 1.165) is 22.3 Å². The number of carbonyl (C=O) groups excluding carboxylic acids is 1. The van der Waals surface area contributed by atoms with Crippen molar-refractivity contribution >= 4 is 51.3 Å². The minimum Gasteiger partial charge on any atom is -0.398 e. The Morgan fingerprint density at radius 2 is 1.91 bits per heavy atom. The molecule has 1 atom stereocenters. The lowest BCUT2D eigenvalue weighted by Gasteiger charge is -2.13. The molecule has 0 fully saturated rings. The molecule has 0 radical (unpaired) electrons. The lowest BCUT2D eigenvalue weighted by atomic mass is 9.98. The van der Waals surface area contributed by atoms with E-state index < -0.39 is 3.68 Å². The number of halogens is 2. The number of carbonyl (C=O) groups is 1. The molecule has 35 heavy (non-hydrogen) atoms. The number of hydrogen-bond donors (Lipinski definition) is 1. The molecule has 0 aliphatic rings. The number of alkyl halides is 2. The first-order chi connectivity index (χ1) is 16.7. The molecule has 10 heteroatoms. The predicted molar refractivity (Wildman–Crippen MR) is 146 cm³/mol. The molecule has 0 aliphatic carbocycles. The summed E-state index contributed by atoms with van der Waals surface area (Å²) in [6, 6.07) is 13.2. The Morgan fingerprint density at radius 3 is 2.57 bits per heavy atom. The van der Waals surface area contributed by atoms with Crippen molar-refractivity contribution in [3.63, 3.8) is 0 Å². The van der Waals surface area contributed by atoms with Gasteiger partial charge in [-0.1, -0.05) is 52.8 Å². The SMILES string of the molecule is CNC(=O)/C(=N/OC)c1cccc(C)c1CO/N=C(\C)c1ccccc1-c1ncc(C(C)(F)I)s1. The maximum Gasteiger partial charge on any atom is 0.273 e. The van der Waals surface area contributed by atoms with Gasteiger partial charge < -0.3 is 15.0 Å². The number of oxime groups is 2. The lowest BCUT2D eigenvalue weighted by Crippen LogP contribution is -2.29. The van der Waals surface area contributed by atoms with Crippen LogP contribution in [0.5, 0.6) is 0 Å². The Bertz CT molecular complexity index is 1270. The number of thiazole rings is 1. The summed E-state index contributed by atoms with van der Waals surface area (Å²) in [5, 5.41) is 11.5. The Hall–Kier alpha value is -2.86. The van der Waals surface area contributed by atoms with Crippen molar-refractivity contribution in [1.29, 1.82) is 0 Å². The monoisotopic (exact) mass is 608 g/mol. The summed E-state index contributed by atoms with van der Waals surface area (Å²) < 4.78 is 12.9. The van der Waals surface area contributed by atoms with Gasteiger partial charge in [-0.05, 0) is 48.9 Å². The quantitative estimate of drug-likeness (QED) is 0.146. The van der Waals surface area contributed by atoms with Crippen molar-refractivity contribution in [2.24, 2.45) is 10.3 Å². The van der Waals surface area contributed by atoms with Crippen LogP contribution in [-0.4, -0.2) is 36.5 Å². The van der Waals surface area contributed by atoms with E-state index in [-0.39, 0.29) is 18.2 Å². The molecule has 0 saturated heterocycles. The number of benzene rings is 2. The molecule has 0 spiro atoms. The summed E-state index contributed by atoms with van der Waals surface area (Å²) in [6.07, 6.45) is 1.57. The topological polar surface area (TPSA) is 85.2 Å². The second-order valence-corrected chi connectivity index (χ2v) is 10.8. The minimum absolute atomic E-state index is 0.123. The van der Waals surface area contributed by atoms with Crippen LogP contribution < -0.4 is 5.32 Å². The van der Waals surface area contributed by atoms with Crippen LogP contribution in [0.25, 0.3) is 10.6 Å². The minimum atomic E-state index is -1.49. The van der Waals surface area contributed by atoms with Crippen molar-refractivity contribution in [3.05, 3.63) is 75.8 Å². The first-order valence-corrected chi connectivity index (χ1v) is 12.6. The molecule has 184 valence electrons. The van der Waals surface area contributed by atoms with Gasteiger partial charge in [-0.25, -0.2) is 9.37 Å². The van der Waals surface area contributed by atoms with Crippen LogP contribution in [-0.2, 0) is 24.8 Å². The fraction of sp³-hybridized carbons (Fsp3) is 0.280. The van der Waals surface area contributed by atoms with Crippen LogP contribution >= 0.6 is 33.9 Å². The number of rotatable bonds is 9. The first-order valence-electron chi connectivity index (χ1n) is 10.7. The number of hydrogen-bond acceptors (Lipinski definition) is 7. The summed E-state index contributed by atoms with van der Waals surface area (Å²) in [5.41, 5.74) is 4.76. The lowest BCUT2D eigenvalue weighted by molar-refractivity contribution is -0.114. The molecule has 0 aliphatic heterocycles. The van der Waals surface area contributed by atoms with E-state index in [0.29, 0.717) is 21.2 Å². The molecule has 3 rings (SSSR count). The second kappa shape index (κ2) is 11.7. The molecular formula is C25H26FIN4O3S. The van der Waals surface area contributed by atoms with Crippen LogP contribution in [0.15, 0.2) is 59.0 Å². The van der Waals surface area contributed by atoms with Gasteiger partial charge >= 0.3 is 0 Å². The number of aromatic nitrogens is 1. The molecule has 1 aromatic heterocycles. The van der Waals surface area contributed by atoms with Gasteiger partial charge in [0.2, 0.25) is 0 Å². The summed E-state index contributed by atoms with van der Waals surface area (Å²) in [4.78, 5) is 27.9. The normalized spacial score (nSPS) is 13.8. The van der Waals surface area contributed by atoms with Gasteiger partial charge in [0.05, 0.1) is 10.6 Å². The van der Waals surface area contributed by atoms with E-state index >= 15 is 0 Å². The van der Waals surface area contributed by atoms with Gasteiger partial charge in [-0.3, -0.25) is 4.79 Å². The fourth-order valence-corrected chi connectivity index (χ4v) is 4.72. The number of nitrogens with one attached hydrogen (secondary N) is 1. The summed E-state index contributed by atoms with van der Waals surface area (Å²) in [7, 11) is 2.92. The average Bonchev–Trinajstić information content (AvgIpc) is 3.34. The van der Waals surface area contributed by atoms with Crippen LogP contribution in [0.4, 0.5) is 4.39 Å². The average molecular weight is 608 g/mol. The zero-order valence-electron chi connectivity index (χ0n) is 20.1. The number of amides is 1. The highest BCUT2D eigenvalue weighted by molar-refractivity contribution is 14.1. The van der Waals surface area contributed by atoms with Crippen molar-refractivity contribution < 1.29 is 18.9 Å². The summed E-state index contributed by atoms with van der Waals surface area (Å²) in [6.45, 7) is 5.39. The highest BCUT2D eigenvalue weighted by Gasteiger charge is 2.25. The van der Waals surface area contributed by atoms with E-state index in [1.807, 2.05) is 50.2 Å². The molecule has 2 aromatic carbocycles. The number of likely N-dealkylation sites (N-methyl/N-ethyl adjacent to an activating group) is 1. The smallest absolute Gasteiger partial charge is 0.273 e. The summed E-state index contributed by atoms with van der Waals surface area (Å²) >= 11 is 3.07. The van der Waals surface area contributed by atoms with Crippen LogP contribution in [0.1, 0.15) is 41.0 Å². The molecule has 1 heterocycles. The third-order valence-electron chi connectivity index (χ3n) is 5.19. The Kier molecular flexibility index (Phi) is 8.95. The molecule has 0 saturated carbocycles. The Labute approximate surface area is 221 Å². The first kappa shape index (κ1) is 26.7. The van der Waals surface area contributed by atoms with Gasteiger partial charge in [-0.15, -0.1) is 11.3 Å². The van der Waals surface area contributed by atoms with Crippen molar-refractivity contribution in [2.75, 3.05) is 14.2 Å². The van der Waals surface area contributed by atoms with Crippen molar-refractivity contribution in [1.82, 2.24) is 10.3 Å². The maximum absolute atomic E-state index is 14.4. The van der Waals surface area contributed by atoms with Crippen LogP contribution in [0.3, 0.4) is 0 Å². The molecule has 0 bridgehead atoms. The Morgan fingerprint density at radius 1 is 1.20 bits per heavy atom. The van der Waals surface area contributed by atoms with Gasteiger partial charge in [0.25, 0.3) is 5.91 Å². The largest absolute Gasteiger partial charge is 0.398 e. The predicted octanol–water partition coefficient (Wildman–Crippen LogP) is 5.73. The molecule has 3 aromatic rings. The van der Waals surface area contributed by atoms with Crippen LogP contribution in [0, 0.1) is 6.92 Å². The zero-order valence-corrected chi connectivity index (χ0v) is 23.0.